The van der Waals surface area contributed by atoms with Crippen LogP contribution in [0.3, 0.4) is 0 Å². The molecule has 7 nitrogen and oxygen atoms in total. The molecule has 1 N–H and O–H groups in total. The van der Waals surface area contributed by atoms with Gasteiger partial charge in [0.25, 0.3) is 11.6 Å². The van der Waals surface area contributed by atoms with Crippen molar-refractivity contribution in [3.8, 4) is 11.5 Å². The first-order chi connectivity index (χ1) is 8.49. The molecule has 8 heteroatoms. The Morgan fingerprint density at radius 2 is 2.28 bits per heavy atom. The molecule has 0 radical (unpaired) electrons. The lowest BCUT2D eigenvalue weighted by atomic mass is 10.2. The number of nitro benzene ring substituents is 1. The Balaban J connectivity index is 2.52. The van der Waals surface area contributed by atoms with E-state index in [9.17, 15) is 19.6 Å². The van der Waals surface area contributed by atoms with Gasteiger partial charge in [0.05, 0.1) is 11.0 Å². The van der Waals surface area contributed by atoms with E-state index in [-0.39, 0.29) is 17.3 Å². The molecule has 1 aromatic heterocycles. The van der Waals surface area contributed by atoms with Crippen molar-refractivity contribution in [2.24, 2.45) is 0 Å². The maximum Gasteiger partial charge on any atom is 0.285 e. The Kier molecular flexibility index (Phi) is 3.02. The standard InChI is InChI=1S/C10H8FN3O4/c1-5(15)9-12-10(18-13-9)7-3-2-6(11)4-8(7)14(16)17/h2-5,15H,1H3. The summed E-state index contributed by atoms with van der Waals surface area (Å²) in [6.07, 6.45) is -0.956. The number of hydrogen-bond donors (Lipinski definition) is 1. The highest BCUT2D eigenvalue weighted by molar-refractivity contribution is 5.66. The maximum absolute atomic E-state index is 12.9. The summed E-state index contributed by atoms with van der Waals surface area (Å²) in [5.41, 5.74) is -0.475. The first kappa shape index (κ1) is 12.1. The van der Waals surface area contributed by atoms with Gasteiger partial charge < -0.3 is 9.63 Å². The number of rotatable bonds is 3. The molecule has 0 saturated heterocycles. The third-order valence-electron chi connectivity index (χ3n) is 2.20. The molecule has 94 valence electrons. The van der Waals surface area contributed by atoms with Crippen LogP contribution in [0.2, 0.25) is 0 Å². The van der Waals surface area contributed by atoms with Crippen molar-refractivity contribution < 1.29 is 18.9 Å². The van der Waals surface area contributed by atoms with E-state index in [4.69, 9.17) is 4.52 Å². The lowest BCUT2D eigenvalue weighted by Crippen LogP contribution is -1.95. The predicted molar refractivity (Wildman–Crippen MR) is 57.0 cm³/mol. The van der Waals surface area contributed by atoms with Crippen molar-refractivity contribution in [2.75, 3.05) is 0 Å². The Morgan fingerprint density at radius 1 is 1.56 bits per heavy atom. The second kappa shape index (κ2) is 4.49. The molecule has 1 heterocycles. The van der Waals surface area contributed by atoms with Crippen molar-refractivity contribution in [2.45, 2.75) is 13.0 Å². The number of aliphatic hydroxyl groups excluding tert-OH is 1. The van der Waals surface area contributed by atoms with E-state index in [2.05, 4.69) is 10.1 Å². The third-order valence-corrected chi connectivity index (χ3v) is 2.20. The Morgan fingerprint density at radius 3 is 2.83 bits per heavy atom. The zero-order chi connectivity index (χ0) is 13.3. The lowest BCUT2D eigenvalue weighted by Gasteiger charge is -1.97. The topological polar surface area (TPSA) is 102 Å². The molecular weight excluding hydrogens is 245 g/mol. The van der Waals surface area contributed by atoms with Crippen LogP contribution in [-0.4, -0.2) is 20.2 Å². The first-order valence-electron chi connectivity index (χ1n) is 4.95. The second-order valence-corrected chi connectivity index (χ2v) is 3.55. The van der Waals surface area contributed by atoms with E-state index in [1.165, 1.54) is 13.0 Å². The highest BCUT2D eigenvalue weighted by Crippen LogP contribution is 2.29. The van der Waals surface area contributed by atoms with Crippen LogP contribution >= 0.6 is 0 Å². The molecule has 0 fully saturated rings. The molecule has 1 unspecified atom stereocenters. The van der Waals surface area contributed by atoms with Crippen LogP contribution in [-0.2, 0) is 0 Å². The van der Waals surface area contributed by atoms with E-state index in [1.807, 2.05) is 0 Å². The fourth-order valence-electron chi connectivity index (χ4n) is 1.35. The monoisotopic (exact) mass is 253 g/mol. The summed E-state index contributed by atoms with van der Waals surface area (Å²) < 4.78 is 17.7. The number of benzene rings is 1. The Labute approximate surface area is 100 Å². The third kappa shape index (κ3) is 2.18. The molecule has 0 bridgehead atoms. The minimum Gasteiger partial charge on any atom is -0.385 e. The molecule has 0 aliphatic carbocycles. The van der Waals surface area contributed by atoms with Crippen LogP contribution < -0.4 is 0 Å². The highest BCUT2D eigenvalue weighted by Gasteiger charge is 2.22. The van der Waals surface area contributed by atoms with E-state index in [0.717, 1.165) is 12.1 Å². The normalized spacial score (nSPS) is 12.4. The van der Waals surface area contributed by atoms with Gasteiger partial charge in [0.1, 0.15) is 17.5 Å². The maximum atomic E-state index is 12.9. The molecule has 2 aromatic rings. The van der Waals surface area contributed by atoms with E-state index in [0.29, 0.717) is 0 Å². The average molecular weight is 253 g/mol. The van der Waals surface area contributed by atoms with Crippen LogP contribution in [0.25, 0.3) is 11.5 Å². The molecule has 1 aromatic carbocycles. The van der Waals surface area contributed by atoms with Gasteiger partial charge in [0.2, 0.25) is 0 Å². The number of hydrogen-bond acceptors (Lipinski definition) is 6. The van der Waals surface area contributed by atoms with Gasteiger partial charge in [0, 0.05) is 0 Å². The quantitative estimate of drug-likeness (QED) is 0.661. The molecule has 0 amide bonds. The molecule has 1 atom stereocenters. The molecule has 0 aliphatic rings. The van der Waals surface area contributed by atoms with Crippen molar-refractivity contribution in [1.82, 2.24) is 10.1 Å². The minimum absolute atomic E-state index is 0.000741. The Hall–Kier alpha value is -2.35. The molecule has 2 rings (SSSR count). The second-order valence-electron chi connectivity index (χ2n) is 3.55. The summed E-state index contributed by atoms with van der Waals surface area (Å²) in [5, 5.41) is 23.5. The lowest BCUT2D eigenvalue weighted by molar-refractivity contribution is -0.384. The van der Waals surface area contributed by atoms with Crippen LogP contribution in [0.15, 0.2) is 22.7 Å². The van der Waals surface area contributed by atoms with Gasteiger partial charge in [-0.25, -0.2) is 4.39 Å². The van der Waals surface area contributed by atoms with E-state index < -0.39 is 22.5 Å². The number of aliphatic hydroxyl groups is 1. The number of nitrogens with zero attached hydrogens (tertiary/aromatic N) is 3. The van der Waals surface area contributed by atoms with Crippen LogP contribution in [0.5, 0.6) is 0 Å². The van der Waals surface area contributed by atoms with Gasteiger partial charge in [-0.2, -0.15) is 4.98 Å². The summed E-state index contributed by atoms with van der Waals surface area (Å²) in [6, 6.07) is 2.99. The number of halogens is 1. The molecule has 18 heavy (non-hydrogen) atoms. The highest BCUT2D eigenvalue weighted by atomic mass is 19.1. The van der Waals surface area contributed by atoms with Crippen molar-refractivity contribution in [3.05, 3.63) is 40.0 Å². The van der Waals surface area contributed by atoms with Crippen LogP contribution in [0.1, 0.15) is 18.9 Å². The smallest absolute Gasteiger partial charge is 0.285 e. The van der Waals surface area contributed by atoms with E-state index in [1.54, 1.807) is 0 Å². The van der Waals surface area contributed by atoms with Crippen molar-refractivity contribution >= 4 is 5.69 Å². The molecular formula is C10H8FN3O4. The fraction of sp³-hybridized carbons (Fsp3) is 0.200. The summed E-state index contributed by atoms with van der Waals surface area (Å²) in [4.78, 5) is 13.8. The largest absolute Gasteiger partial charge is 0.385 e. The Bertz CT molecular complexity index is 597. The van der Waals surface area contributed by atoms with Crippen molar-refractivity contribution in [3.63, 3.8) is 0 Å². The van der Waals surface area contributed by atoms with Gasteiger partial charge in [-0.05, 0) is 19.1 Å². The zero-order valence-corrected chi connectivity index (χ0v) is 9.20. The summed E-state index contributed by atoms with van der Waals surface area (Å²) in [5.74, 6) is -0.873. The van der Waals surface area contributed by atoms with E-state index >= 15 is 0 Å². The van der Waals surface area contributed by atoms with Gasteiger partial charge in [-0.3, -0.25) is 10.1 Å². The molecule has 0 saturated carbocycles. The van der Waals surface area contributed by atoms with Gasteiger partial charge in [0.15, 0.2) is 5.82 Å². The van der Waals surface area contributed by atoms with Gasteiger partial charge in [-0.1, -0.05) is 5.16 Å². The minimum atomic E-state index is -0.956. The SMILES string of the molecule is CC(O)c1noc(-c2ccc(F)cc2[N+](=O)[O-])n1. The van der Waals surface area contributed by atoms with Crippen LogP contribution in [0.4, 0.5) is 10.1 Å². The van der Waals surface area contributed by atoms with Crippen molar-refractivity contribution in [1.29, 1.82) is 0 Å². The fourth-order valence-corrected chi connectivity index (χ4v) is 1.35. The summed E-state index contributed by atoms with van der Waals surface area (Å²) >= 11 is 0. The number of aromatic nitrogens is 2. The average Bonchev–Trinajstić information content (AvgIpc) is 2.78. The predicted octanol–water partition coefficient (Wildman–Crippen LogP) is 1.84. The zero-order valence-electron chi connectivity index (χ0n) is 9.20. The number of nitro groups is 1. The van der Waals surface area contributed by atoms with Crippen LogP contribution in [0, 0.1) is 15.9 Å². The first-order valence-corrected chi connectivity index (χ1v) is 4.95. The molecule has 0 aliphatic heterocycles. The van der Waals surface area contributed by atoms with Gasteiger partial charge in [-0.15, -0.1) is 0 Å². The summed E-state index contributed by atoms with van der Waals surface area (Å²) in [6.45, 7) is 1.42. The molecule has 0 spiro atoms. The summed E-state index contributed by atoms with van der Waals surface area (Å²) in [7, 11) is 0. The van der Waals surface area contributed by atoms with Gasteiger partial charge >= 0.3 is 0 Å².